The van der Waals surface area contributed by atoms with Crippen LogP contribution in [0, 0.1) is 13.8 Å². The summed E-state index contributed by atoms with van der Waals surface area (Å²) in [7, 11) is 0. The summed E-state index contributed by atoms with van der Waals surface area (Å²) in [5.74, 6) is 0.592. The smallest absolute Gasteiger partial charge is 0.227 e. The zero-order valence-corrected chi connectivity index (χ0v) is 12.2. The van der Waals surface area contributed by atoms with E-state index in [-0.39, 0.29) is 12.0 Å². The second-order valence-electron chi connectivity index (χ2n) is 5.08. The van der Waals surface area contributed by atoms with Crippen molar-refractivity contribution in [3.8, 4) is 0 Å². The number of aryl methyl sites for hydroxylation is 2. The fourth-order valence-corrected chi connectivity index (χ4v) is 2.43. The van der Waals surface area contributed by atoms with Gasteiger partial charge in [-0.05, 0) is 30.5 Å². The molecular formula is C15H20ClNO2. The number of carbonyl (C=O) groups is 1. The van der Waals surface area contributed by atoms with Gasteiger partial charge in [-0.2, -0.15) is 0 Å². The molecule has 104 valence electrons. The predicted octanol–water partition coefficient (Wildman–Crippen LogP) is 2.31. The monoisotopic (exact) mass is 281 g/mol. The van der Waals surface area contributed by atoms with Gasteiger partial charge < -0.3 is 9.64 Å². The minimum atomic E-state index is -0.0286. The summed E-state index contributed by atoms with van der Waals surface area (Å²) in [6.07, 6.45) is 0.426. The van der Waals surface area contributed by atoms with Gasteiger partial charge in [-0.15, -0.1) is 11.6 Å². The van der Waals surface area contributed by atoms with E-state index < -0.39 is 0 Å². The predicted molar refractivity (Wildman–Crippen MR) is 76.7 cm³/mol. The van der Waals surface area contributed by atoms with Gasteiger partial charge >= 0.3 is 0 Å². The summed E-state index contributed by atoms with van der Waals surface area (Å²) in [4.78, 5) is 14.1. The van der Waals surface area contributed by atoms with Crippen molar-refractivity contribution in [1.82, 2.24) is 4.90 Å². The van der Waals surface area contributed by atoms with Crippen LogP contribution in [0.3, 0.4) is 0 Å². The second-order valence-corrected chi connectivity index (χ2v) is 5.39. The average Bonchev–Trinajstić information content (AvgIpc) is 2.43. The third kappa shape index (κ3) is 3.71. The van der Waals surface area contributed by atoms with Crippen molar-refractivity contribution in [1.29, 1.82) is 0 Å². The molecule has 0 saturated carbocycles. The molecular weight excluding hydrogens is 262 g/mol. The van der Waals surface area contributed by atoms with Gasteiger partial charge in [0.1, 0.15) is 0 Å². The van der Waals surface area contributed by atoms with Crippen LogP contribution in [0.4, 0.5) is 0 Å². The first-order valence-corrected chi connectivity index (χ1v) is 7.15. The maximum absolute atomic E-state index is 12.3. The van der Waals surface area contributed by atoms with Crippen LogP contribution in [-0.2, 0) is 16.0 Å². The lowest BCUT2D eigenvalue weighted by molar-refractivity contribution is -0.137. The summed E-state index contributed by atoms with van der Waals surface area (Å²) < 4.78 is 5.47. The van der Waals surface area contributed by atoms with Crippen LogP contribution >= 0.6 is 11.6 Å². The van der Waals surface area contributed by atoms with Gasteiger partial charge in [-0.1, -0.05) is 18.2 Å². The van der Waals surface area contributed by atoms with E-state index >= 15 is 0 Å². The third-order valence-corrected chi connectivity index (χ3v) is 3.93. The number of hydrogen-bond donors (Lipinski definition) is 0. The number of alkyl halides is 1. The zero-order valence-electron chi connectivity index (χ0n) is 11.5. The summed E-state index contributed by atoms with van der Waals surface area (Å²) in [5, 5.41) is 0. The van der Waals surface area contributed by atoms with E-state index in [0.29, 0.717) is 32.0 Å². The topological polar surface area (TPSA) is 29.5 Å². The highest BCUT2D eigenvalue weighted by Crippen LogP contribution is 2.13. The van der Waals surface area contributed by atoms with Gasteiger partial charge in [-0.25, -0.2) is 0 Å². The van der Waals surface area contributed by atoms with E-state index in [1.807, 2.05) is 11.0 Å². The Balaban J connectivity index is 1.98. The lowest BCUT2D eigenvalue weighted by Gasteiger charge is -2.32. The summed E-state index contributed by atoms with van der Waals surface area (Å²) in [6.45, 7) is 6.00. The number of amides is 1. The Labute approximate surface area is 119 Å². The molecule has 1 amide bonds. The van der Waals surface area contributed by atoms with Crippen molar-refractivity contribution in [2.45, 2.75) is 26.4 Å². The maximum atomic E-state index is 12.3. The normalized spacial score (nSPS) is 19.5. The Morgan fingerprint density at radius 1 is 1.42 bits per heavy atom. The largest absolute Gasteiger partial charge is 0.373 e. The van der Waals surface area contributed by atoms with Crippen LogP contribution in [0.25, 0.3) is 0 Å². The summed E-state index contributed by atoms with van der Waals surface area (Å²) in [6, 6.07) is 6.19. The van der Waals surface area contributed by atoms with Crippen molar-refractivity contribution in [2.75, 3.05) is 25.6 Å². The Kier molecular flexibility index (Phi) is 4.83. The van der Waals surface area contributed by atoms with Gasteiger partial charge in [0, 0.05) is 13.1 Å². The number of ether oxygens (including phenoxy) is 1. The van der Waals surface area contributed by atoms with E-state index in [1.165, 1.54) is 11.1 Å². The van der Waals surface area contributed by atoms with Crippen LogP contribution in [0.15, 0.2) is 18.2 Å². The molecule has 0 spiro atoms. The van der Waals surface area contributed by atoms with E-state index in [1.54, 1.807) is 0 Å². The Bertz CT molecular complexity index is 461. The van der Waals surface area contributed by atoms with Crippen molar-refractivity contribution < 1.29 is 9.53 Å². The van der Waals surface area contributed by atoms with Crippen LogP contribution in [-0.4, -0.2) is 42.5 Å². The molecule has 1 atom stereocenters. The van der Waals surface area contributed by atoms with Crippen molar-refractivity contribution in [3.05, 3.63) is 34.9 Å². The van der Waals surface area contributed by atoms with E-state index in [9.17, 15) is 4.79 Å². The fourth-order valence-electron chi connectivity index (χ4n) is 2.24. The van der Waals surface area contributed by atoms with Crippen LogP contribution in [0.1, 0.15) is 16.7 Å². The molecule has 0 N–H and O–H groups in total. The highest BCUT2D eigenvalue weighted by Gasteiger charge is 2.23. The lowest BCUT2D eigenvalue weighted by Crippen LogP contribution is -2.46. The average molecular weight is 282 g/mol. The lowest BCUT2D eigenvalue weighted by atomic mass is 10.0. The summed E-state index contributed by atoms with van der Waals surface area (Å²) >= 11 is 5.79. The molecule has 0 aromatic heterocycles. The standard InChI is InChI=1S/C15H20ClNO2/c1-11-3-4-13(7-12(11)2)8-15(18)17-5-6-19-14(9-16)10-17/h3-4,7,14H,5-6,8-10H2,1-2H3. The molecule has 1 unspecified atom stereocenters. The van der Waals surface area contributed by atoms with Gasteiger partial charge in [0.2, 0.25) is 5.91 Å². The first-order chi connectivity index (χ1) is 9.10. The molecule has 1 aliphatic rings. The second kappa shape index (κ2) is 6.40. The van der Waals surface area contributed by atoms with Gasteiger partial charge in [-0.3, -0.25) is 4.79 Å². The van der Waals surface area contributed by atoms with Gasteiger partial charge in [0.05, 0.1) is 25.0 Å². The molecule has 1 aromatic rings. The highest BCUT2D eigenvalue weighted by atomic mass is 35.5. The number of benzene rings is 1. The molecule has 0 aliphatic carbocycles. The molecule has 1 aromatic carbocycles. The van der Waals surface area contributed by atoms with Gasteiger partial charge in [0.15, 0.2) is 0 Å². The quantitative estimate of drug-likeness (QED) is 0.796. The first kappa shape index (κ1) is 14.4. The van der Waals surface area contributed by atoms with E-state index in [2.05, 4.69) is 26.0 Å². The highest BCUT2D eigenvalue weighted by molar-refractivity contribution is 6.18. The SMILES string of the molecule is Cc1ccc(CC(=O)N2CCOC(CCl)C2)cc1C. The molecule has 0 bridgehead atoms. The molecule has 1 fully saturated rings. The molecule has 1 heterocycles. The minimum Gasteiger partial charge on any atom is -0.373 e. The number of hydrogen-bond acceptors (Lipinski definition) is 2. The number of morpholine rings is 1. The molecule has 4 heteroatoms. The molecule has 3 nitrogen and oxygen atoms in total. The molecule has 19 heavy (non-hydrogen) atoms. The van der Waals surface area contributed by atoms with E-state index in [4.69, 9.17) is 16.3 Å². The number of rotatable bonds is 3. The summed E-state index contributed by atoms with van der Waals surface area (Å²) in [5.41, 5.74) is 3.55. The third-order valence-electron chi connectivity index (χ3n) is 3.59. The molecule has 2 rings (SSSR count). The zero-order chi connectivity index (χ0) is 13.8. The van der Waals surface area contributed by atoms with E-state index in [0.717, 1.165) is 5.56 Å². The van der Waals surface area contributed by atoms with Crippen molar-refractivity contribution in [2.24, 2.45) is 0 Å². The fraction of sp³-hybridized carbons (Fsp3) is 0.533. The number of nitrogens with zero attached hydrogens (tertiary/aromatic N) is 1. The molecule has 0 radical (unpaired) electrons. The Morgan fingerprint density at radius 2 is 2.21 bits per heavy atom. The first-order valence-electron chi connectivity index (χ1n) is 6.61. The maximum Gasteiger partial charge on any atom is 0.227 e. The number of halogens is 1. The molecule has 1 saturated heterocycles. The number of carbonyl (C=O) groups excluding carboxylic acids is 1. The van der Waals surface area contributed by atoms with Crippen LogP contribution in [0.2, 0.25) is 0 Å². The Hall–Kier alpha value is -1.06. The van der Waals surface area contributed by atoms with Gasteiger partial charge in [0.25, 0.3) is 0 Å². The van der Waals surface area contributed by atoms with Crippen molar-refractivity contribution >= 4 is 17.5 Å². The van der Waals surface area contributed by atoms with Crippen LogP contribution in [0.5, 0.6) is 0 Å². The van der Waals surface area contributed by atoms with Crippen LogP contribution < -0.4 is 0 Å². The van der Waals surface area contributed by atoms with Crippen molar-refractivity contribution in [3.63, 3.8) is 0 Å². The Morgan fingerprint density at radius 3 is 2.89 bits per heavy atom. The molecule has 1 aliphatic heterocycles. The minimum absolute atomic E-state index is 0.0286.